The van der Waals surface area contributed by atoms with Crippen LogP contribution in [0.4, 0.5) is 4.79 Å². The lowest BCUT2D eigenvalue weighted by Crippen LogP contribution is -2.46. The quantitative estimate of drug-likeness (QED) is 0.776. The Kier molecular flexibility index (Phi) is 8.17. The van der Waals surface area contributed by atoms with Gasteiger partial charge in [-0.3, -0.25) is 0 Å². The lowest BCUT2D eigenvalue weighted by molar-refractivity contribution is 0.0191. The van der Waals surface area contributed by atoms with Gasteiger partial charge >= 0.3 is 6.09 Å². The first-order valence-electron chi connectivity index (χ1n) is 7.81. The van der Waals surface area contributed by atoms with Gasteiger partial charge < -0.3 is 15.0 Å². The van der Waals surface area contributed by atoms with Crippen molar-refractivity contribution in [3.63, 3.8) is 0 Å². The average molecular weight is 286 g/mol. The van der Waals surface area contributed by atoms with Crippen molar-refractivity contribution in [2.24, 2.45) is 5.92 Å². The van der Waals surface area contributed by atoms with Crippen LogP contribution < -0.4 is 5.32 Å². The first-order chi connectivity index (χ1) is 9.08. The molecule has 0 rings (SSSR count). The SMILES string of the molecule is CCC(NCCN(C(=O)OC(C)(C)C)C(C)C)C(C)C. The molecule has 1 N–H and O–H groups in total. The molecule has 0 aliphatic rings. The molecule has 120 valence electrons. The van der Waals surface area contributed by atoms with Crippen molar-refractivity contribution in [2.75, 3.05) is 13.1 Å². The summed E-state index contributed by atoms with van der Waals surface area (Å²) in [5, 5.41) is 3.52. The Bertz CT molecular complexity index is 283. The van der Waals surface area contributed by atoms with Crippen LogP contribution in [0.3, 0.4) is 0 Å². The number of nitrogens with one attached hydrogen (secondary N) is 1. The topological polar surface area (TPSA) is 41.6 Å². The third kappa shape index (κ3) is 7.73. The Hall–Kier alpha value is -0.770. The smallest absolute Gasteiger partial charge is 0.410 e. The zero-order valence-corrected chi connectivity index (χ0v) is 14.6. The average Bonchev–Trinajstić information content (AvgIpc) is 2.25. The molecule has 0 heterocycles. The molecular weight excluding hydrogens is 252 g/mol. The first kappa shape index (κ1) is 19.2. The highest BCUT2D eigenvalue weighted by atomic mass is 16.6. The van der Waals surface area contributed by atoms with Crippen molar-refractivity contribution in [3.05, 3.63) is 0 Å². The van der Waals surface area contributed by atoms with E-state index in [4.69, 9.17) is 4.74 Å². The van der Waals surface area contributed by atoms with E-state index in [1.165, 1.54) is 0 Å². The molecule has 0 radical (unpaired) electrons. The highest BCUT2D eigenvalue weighted by Gasteiger charge is 2.24. The fourth-order valence-corrected chi connectivity index (χ4v) is 2.10. The summed E-state index contributed by atoms with van der Waals surface area (Å²) in [6.45, 7) is 17.8. The third-order valence-corrected chi connectivity index (χ3v) is 3.26. The van der Waals surface area contributed by atoms with Gasteiger partial charge in [-0.15, -0.1) is 0 Å². The Morgan fingerprint density at radius 3 is 2.10 bits per heavy atom. The molecule has 0 aromatic carbocycles. The second-order valence-corrected chi connectivity index (χ2v) is 6.98. The van der Waals surface area contributed by atoms with E-state index in [2.05, 4.69) is 26.1 Å². The van der Waals surface area contributed by atoms with Crippen LogP contribution in [0.25, 0.3) is 0 Å². The highest BCUT2D eigenvalue weighted by Crippen LogP contribution is 2.12. The number of hydrogen-bond donors (Lipinski definition) is 1. The Morgan fingerprint density at radius 1 is 1.20 bits per heavy atom. The number of carbonyl (C=O) groups is 1. The number of carbonyl (C=O) groups excluding carboxylic acids is 1. The first-order valence-corrected chi connectivity index (χ1v) is 7.81. The van der Waals surface area contributed by atoms with E-state index < -0.39 is 5.60 Å². The summed E-state index contributed by atoms with van der Waals surface area (Å²) in [6, 6.07) is 0.647. The fraction of sp³-hybridized carbons (Fsp3) is 0.938. The number of ether oxygens (including phenoxy) is 1. The van der Waals surface area contributed by atoms with E-state index in [0.717, 1.165) is 13.0 Å². The summed E-state index contributed by atoms with van der Waals surface area (Å²) in [7, 11) is 0. The summed E-state index contributed by atoms with van der Waals surface area (Å²) >= 11 is 0. The van der Waals surface area contributed by atoms with Gasteiger partial charge in [-0.05, 0) is 47.0 Å². The molecule has 0 aromatic rings. The Morgan fingerprint density at radius 2 is 1.75 bits per heavy atom. The van der Waals surface area contributed by atoms with E-state index >= 15 is 0 Å². The minimum Gasteiger partial charge on any atom is -0.444 e. The van der Waals surface area contributed by atoms with Crippen LogP contribution in [-0.4, -0.2) is 41.8 Å². The lowest BCUT2D eigenvalue weighted by Gasteiger charge is -2.31. The fourth-order valence-electron chi connectivity index (χ4n) is 2.10. The largest absolute Gasteiger partial charge is 0.444 e. The molecular formula is C16H34N2O2. The van der Waals surface area contributed by atoms with Crippen molar-refractivity contribution < 1.29 is 9.53 Å². The van der Waals surface area contributed by atoms with Gasteiger partial charge in [0.2, 0.25) is 0 Å². The van der Waals surface area contributed by atoms with Gasteiger partial charge in [-0.1, -0.05) is 20.8 Å². The highest BCUT2D eigenvalue weighted by molar-refractivity contribution is 5.68. The monoisotopic (exact) mass is 286 g/mol. The number of rotatable bonds is 7. The van der Waals surface area contributed by atoms with Crippen molar-refractivity contribution >= 4 is 6.09 Å². The summed E-state index contributed by atoms with van der Waals surface area (Å²) in [5.74, 6) is 0.606. The molecule has 1 amide bonds. The summed E-state index contributed by atoms with van der Waals surface area (Å²) in [6.07, 6.45) is 0.873. The Labute approximate surface area is 125 Å². The summed E-state index contributed by atoms with van der Waals surface area (Å²) in [4.78, 5) is 13.9. The van der Waals surface area contributed by atoms with Crippen LogP contribution in [0, 0.1) is 5.92 Å². The molecule has 4 heteroatoms. The van der Waals surface area contributed by atoms with Crippen molar-refractivity contribution in [1.29, 1.82) is 0 Å². The van der Waals surface area contributed by atoms with Crippen LogP contribution >= 0.6 is 0 Å². The maximum Gasteiger partial charge on any atom is 0.410 e. The van der Waals surface area contributed by atoms with Gasteiger partial charge in [-0.2, -0.15) is 0 Å². The molecule has 0 bridgehead atoms. The number of amides is 1. The molecule has 0 spiro atoms. The second kappa shape index (κ2) is 8.50. The van der Waals surface area contributed by atoms with E-state index in [9.17, 15) is 4.79 Å². The van der Waals surface area contributed by atoms with Gasteiger partial charge in [0, 0.05) is 25.2 Å². The maximum atomic E-state index is 12.2. The maximum absolute atomic E-state index is 12.2. The molecule has 1 atom stereocenters. The van der Waals surface area contributed by atoms with Crippen LogP contribution in [0.15, 0.2) is 0 Å². The molecule has 0 saturated carbocycles. The summed E-state index contributed by atoms with van der Waals surface area (Å²) in [5.41, 5.74) is -0.443. The molecule has 20 heavy (non-hydrogen) atoms. The molecule has 0 saturated heterocycles. The van der Waals surface area contributed by atoms with E-state index in [0.29, 0.717) is 18.5 Å². The molecule has 0 aliphatic heterocycles. The minimum atomic E-state index is -0.443. The number of hydrogen-bond acceptors (Lipinski definition) is 3. The second-order valence-electron chi connectivity index (χ2n) is 6.98. The normalized spacial score (nSPS) is 13.7. The van der Waals surface area contributed by atoms with Gasteiger partial charge in [0.05, 0.1) is 0 Å². The molecule has 0 aliphatic carbocycles. The van der Waals surface area contributed by atoms with E-state index in [1.54, 1.807) is 4.90 Å². The molecule has 0 aromatic heterocycles. The van der Waals surface area contributed by atoms with Crippen LogP contribution in [0.1, 0.15) is 61.8 Å². The minimum absolute atomic E-state index is 0.144. The summed E-state index contributed by atoms with van der Waals surface area (Å²) < 4.78 is 5.45. The van der Waals surface area contributed by atoms with Crippen LogP contribution in [0.5, 0.6) is 0 Å². The van der Waals surface area contributed by atoms with E-state index in [-0.39, 0.29) is 12.1 Å². The van der Waals surface area contributed by atoms with Gasteiger partial charge in [-0.25, -0.2) is 4.79 Å². The van der Waals surface area contributed by atoms with E-state index in [1.807, 2.05) is 34.6 Å². The predicted molar refractivity (Wildman–Crippen MR) is 85.0 cm³/mol. The van der Waals surface area contributed by atoms with Gasteiger partial charge in [0.25, 0.3) is 0 Å². The lowest BCUT2D eigenvalue weighted by atomic mass is 10.0. The molecule has 0 fully saturated rings. The van der Waals surface area contributed by atoms with Crippen LogP contribution in [-0.2, 0) is 4.74 Å². The molecule has 1 unspecified atom stereocenters. The third-order valence-electron chi connectivity index (χ3n) is 3.26. The zero-order chi connectivity index (χ0) is 15.9. The van der Waals surface area contributed by atoms with Gasteiger partial charge in [0.15, 0.2) is 0 Å². The van der Waals surface area contributed by atoms with Crippen LogP contribution in [0.2, 0.25) is 0 Å². The van der Waals surface area contributed by atoms with Crippen molar-refractivity contribution in [3.8, 4) is 0 Å². The van der Waals surface area contributed by atoms with Crippen molar-refractivity contribution in [1.82, 2.24) is 10.2 Å². The number of nitrogens with zero attached hydrogens (tertiary/aromatic N) is 1. The standard InChI is InChI=1S/C16H34N2O2/c1-9-14(12(2)3)17-10-11-18(13(4)5)15(19)20-16(6,7)8/h12-14,17H,9-11H2,1-8H3. The van der Waals surface area contributed by atoms with Gasteiger partial charge in [0.1, 0.15) is 5.60 Å². The Balaban J connectivity index is 4.39. The molecule has 4 nitrogen and oxygen atoms in total. The van der Waals surface area contributed by atoms with Crippen molar-refractivity contribution in [2.45, 2.75) is 79.5 Å². The zero-order valence-electron chi connectivity index (χ0n) is 14.6. The predicted octanol–water partition coefficient (Wildman–Crippen LogP) is 3.66.